The minimum atomic E-state index is 0. The first-order valence-corrected chi connectivity index (χ1v) is 23.3. The molecule has 4 heterocycles. The molecule has 0 saturated heterocycles. The van der Waals surface area contributed by atoms with Gasteiger partial charge in [-0.25, -0.2) is 9.97 Å². The fraction of sp³-hybridized carbons (Fsp3) is 0.596. The molecule has 0 fully saturated rings. The lowest BCUT2D eigenvalue weighted by atomic mass is 10.0. The summed E-state index contributed by atoms with van der Waals surface area (Å²) in [5.74, 6) is 0.659. The Hall–Kier alpha value is -4.39. The number of rotatable bonds is 1. The molecule has 0 bridgehead atoms. The van der Waals surface area contributed by atoms with Gasteiger partial charge in [0.2, 0.25) is 0 Å². The van der Waals surface area contributed by atoms with E-state index in [1.807, 2.05) is 106 Å². The molecule has 4 aromatic heterocycles. The maximum Gasteiger partial charge on any atom is 0.115 e. The molecular formula is C57H111N7. The second-order valence-electron chi connectivity index (χ2n) is 18.3. The molecular weight excluding hydrogens is 783 g/mol. The highest BCUT2D eigenvalue weighted by Gasteiger charge is 1.97. The molecule has 1 aromatic carbocycles. The summed E-state index contributed by atoms with van der Waals surface area (Å²) in [7, 11) is 0. The summed E-state index contributed by atoms with van der Waals surface area (Å²) in [5.41, 5.74) is 3.41. The van der Waals surface area contributed by atoms with Gasteiger partial charge >= 0.3 is 0 Å². The monoisotopic (exact) mass is 894 g/mol. The van der Waals surface area contributed by atoms with E-state index in [9.17, 15) is 0 Å². The zero-order valence-electron chi connectivity index (χ0n) is 46.9. The second-order valence-corrected chi connectivity index (χ2v) is 18.3. The zero-order valence-corrected chi connectivity index (χ0v) is 46.9. The van der Waals surface area contributed by atoms with Gasteiger partial charge in [-0.2, -0.15) is 10.2 Å². The van der Waals surface area contributed by atoms with E-state index in [1.165, 1.54) is 11.9 Å². The normalized spacial score (nSPS) is 8.64. The number of pyridine rings is 1. The van der Waals surface area contributed by atoms with E-state index < -0.39 is 0 Å². The van der Waals surface area contributed by atoms with Gasteiger partial charge in [-0.1, -0.05) is 238 Å². The largest absolute Gasteiger partial charge is 0.265 e. The van der Waals surface area contributed by atoms with E-state index in [0.717, 1.165) is 0 Å². The summed E-state index contributed by atoms with van der Waals surface area (Å²) in [4.78, 5) is 18.6. The van der Waals surface area contributed by atoms with Crippen LogP contribution in [0.3, 0.4) is 0 Å². The molecule has 7 heteroatoms. The van der Waals surface area contributed by atoms with Crippen LogP contribution in [-0.2, 0) is 0 Å². The molecule has 374 valence electrons. The number of hydrogen-bond donors (Lipinski definition) is 0. The zero-order chi connectivity index (χ0) is 51.7. The lowest BCUT2D eigenvalue weighted by molar-refractivity contribution is 0.469. The molecule has 0 radical (unpaired) electrons. The van der Waals surface area contributed by atoms with E-state index in [2.05, 4.69) is 184 Å². The summed E-state index contributed by atoms with van der Waals surface area (Å²) in [6, 6.07) is 21.7. The fourth-order valence-corrected chi connectivity index (χ4v) is 1.91. The van der Waals surface area contributed by atoms with Crippen molar-refractivity contribution in [2.45, 2.75) is 207 Å². The molecule has 64 heavy (non-hydrogen) atoms. The van der Waals surface area contributed by atoms with Gasteiger partial charge in [0, 0.05) is 62.0 Å². The standard InChI is InChI=1S/C9H12.C5H5N.4C5H12.3C4H4N2.5C2H6.CH4/c1-8(2)9-6-4-3-5-7-9;1-2-4-6-5-3-1;4*1-5(2,3)4;1-2-6-4-3-5-1;1-2-5-4-6-3-1;1-2-4-6-5-3-1;5*1-2;/h3-8H,1-2H3;1-5H;4*1-4H3;3*1-4H;5*1-2H3;1H4. The van der Waals surface area contributed by atoms with E-state index in [0.29, 0.717) is 27.6 Å². The Balaban J connectivity index is -0.0000000627. The van der Waals surface area contributed by atoms with Gasteiger partial charge in [0.1, 0.15) is 6.33 Å². The van der Waals surface area contributed by atoms with Crippen LogP contribution in [0.2, 0.25) is 0 Å². The van der Waals surface area contributed by atoms with E-state index in [1.54, 1.807) is 68.0 Å². The van der Waals surface area contributed by atoms with Crippen molar-refractivity contribution in [3.8, 4) is 0 Å². The van der Waals surface area contributed by atoms with Gasteiger partial charge in [0.25, 0.3) is 0 Å². The maximum absolute atomic E-state index is 3.78. The SMILES string of the molecule is C.CC.CC.CC.CC.CC.CC(C)(C)C.CC(C)(C)C.CC(C)(C)C.CC(C)(C)C.CC(C)c1ccccc1.c1ccncc1.c1ccnnc1.c1cnccn1.c1cncnc1. The van der Waals surface area contributed by atoms with Crippen molar-refractivity contribution in [1.82, 2.24) is 35.1 Å². The maximum atomic E-state index is 3.78. The summed E-state index contributed by atoms with van der Waals surface area (Å²) >= 11 is 0. The molecule has 0 saturated carbocycles. The highest BCUT2D eigenvalue weighted by Crippen LogP contribution is 2.12. The van der Waals surface area contributed by atoms with Gasteiger partial charge in [-0.15, -0.1) is 0 Å². The number of hydrogen-bond acceptors (Lipinski definition) is 7. The molecule has 0 aliphatic carbocycles. The highest BCUT2D eigenvalue weighted by molar-refractivity contribution is 5.17. The van der Waals surface area contributed by atoms with Crippen LogP contribution < -0.4 is 0 Å². The van der Waals surface area contributed by atoms with E-state index in [4.69, 9.17) is 0 Å². The van der Waals surface area contributed by atoms with Gasteiger partial charge in [-0.05, 0) is 63.5 Å². The van der Waals surface area contributed by atoms with Crippen molar-refractivity contribution in [1.29, 1.82) is 0 Å². The first-order valence-electron chi connectivity index (χ1n) is 23.3. The number of nitrogens with zero attached hydrogens (tertiary/aromatic N) is 7. The summed E-state index contributed by atoms with van der Waals surface area (Å²) in [6.07, 6.45) is 18.2. The van der Waals surface area contributed by atoms with Crippen LogP contribution in [-0.4, -0.2) is 35.1 Å². The number of aromatic nitrogens is 7. The molecule has 7 nitrogen and oxygen atoms in total. The third-order valence-electron chi connectivity index (χ3n) is 3.47. The summed E-state index contributed by atoms with van der Waals surface area (Å²) in [5, 5.41) is 7.07. The van der Waals surface area contributed by atoms with Gasteiger partial charge in [0.05, 0.1) is 0 Å². The molecule has 0 aliphatic heterocycles. The Morgan fingerprint density at radius 3 is 0.625 bits per heavy atom. The molecule has 0 N–H and O–H groups in total. The predicted molar refractivity (Wildman–Crippen MR) is 295 cm³/mol. The lowest BCUT2D eigenvalue weighted by Crippen LogP contribution is -1.93. The molecule has 5 rings (SSSR count). The number of benzene rings is 1. The van der Waals surface area contributed by atoms with Crippen molar-refractivity contribution >= 4 is 0 Å². The first kappa shape index (κ1) is 83.2. The quantitative estimate of drug-likeness (QED) is 0.166. The van der Waals surface area contributed by atoms with Crippen LogP contribution >= 0.6 is 0 Å². The molecule has 5 aromatic rings. The van der Waals surface area contributed by atoms with Crippen LogP contribution in [0.5, 0.6) is 0 Å². The Labute approximate surface area is 403 Å². The fourth-order valence-electron chi connectivity index (χ4n) is 1.91. The predicted octanol–water partition coefficient (Wildman–Crippen LogP) is 19.3. The first-order chi connectivity index (χ1) is 29.3. The van der Waals surface area contributed by atoms with Crippen molar-refractivity contribution in [3.05, 3.63) is 141 Å². The van der Waals surface area contributed by atoms with Crippen LogP contribution in [0.4, 0.5) is 0 Å². The van der Waals surface area contributed by atoms with E-state index in [-0.39, 0.29) is 7.43 Å². The third kappa shape index (κ3) is 185. The van der Waals surface area contributed by atoms with Crippen molar-refractivity contribution < 1.29 is 0 Å². The summed E-state index contributed by atoms with van der Waals surface area (Å²) in [6.45, 7) is 59.4. The van der Waals surface area contributed by atoms with Crippen molar-refractivity contribution in [3.63, 3.8) is 0 Å². The van der Waals surface area contributed by atoms with Gasteiger partial charge < -0.3 is 0 Å². The molecule has 0 amide bonds. The Morgan fingerprint density at radius 1 is 0.297 bits per heavy atom. The topological polar surface area (TPSA) is 90.2 Å². The van der Waals surface area contributed by atoms with Gasteiger partial charge in [0.15, 0.2) is 0 Å². The minimum Gasteiger partial charge on any atom is -0.265 e. The molecule has 0 spiro atoms. The van der Waals surface area contributed by atoms with Crippen LogP contribution in [0, 0.1) is 21.7 Å². The molecule has 0 unspecified atom stereocenters. The Morgan fingerprint density at radius 2 is 0.516 bits per heavy atom. The molecule has 0 aliphatic rings. The van der Waals surface area contributed by atoms with Crippen molar-refractivity contribution in [2.24, 2.45) is 21.7 Å². The van der Waals surface area contributed by atoms with Crippen LogP contribution in [0.1, 0.15) is 213 Å². The summed E-state index contributed by atoms with van der Waals surface area (Å²) < 4.78 is 0. The smallest absolute Gasteiger partial charge is 0.115 e. The highest BCUT2D eigenvalue weighted by atomic mass is 15.1. The lowest BCUT2D eigenvalue weighted by Gasteiger charge is -2.05. The van der Waals surface area contributed by atoms with E-state index >= 15 is 0 Å². The van der Waals surface area contributed by atoms with Gasteiger partial charge in [-0.3, -0.25) is 15.0 Å². The molecule has 0 atom stereocenters. The average molecular weight is 895 g/mol. The second kappa shape index (κ2) is 65.2. The minimum absolute atomic E-state index is 0. The third-order valence-corrected chi connectivity index (χ3v) is 3.47. The Bertz CT molecular complexity index is 1020. The van der Waals surface area contributed by atoms with Crippen molar-refractivity contribution in [2.75, 3.05) is 0 Å². The Kier molecular flexibility index (Phi) is 84.8. The average Bonchev–Trinajstić information content (AvgIpc) is 3.26. The van der Waals surface area contributed by atoms with Crippen LogP contribution in [0.25, 0.3) is 0 Å². The van der Waals surface area contributed by atoms with Crippen LogP contribution in [0.15, 0.2) is 135 Å².